The Balaban J connectivity index is 1.44. The van der Waals surface area contributed by atoms with Crippen LogP contribution in [0.4, 0.5) is 10.6 Å². The van der Waals surface area contributed by atoms with Gasteiger partial charge in [0.05, 0.1) is 20.3 Å². The Morgan fingerprint density at radius 1 is 0.956 bits per heavy atom. The molecule has 0 radical (unpaired) electrons. The molecule has 4 rings (SSSR count). The van der Waals surface area contributed by atoms with Gasteiger partial charge >= 0.3 is 12.0 Å². The smallest absolute Gasteiger partial charge is 0.344 e. The van der Waals surface area contributed by atoms with Crippen LogP contribution in [0.2, 0.25) is 5.04 Å². The fraction of sp³-hybridized carbons (Fsp3) is 0.324. The van der Waals surface area contributed by atoms with Gasteiger partial charge in [0.15, 0.2) is 5.82 Å². The highest BCUT2D eigenvalue weighted by Gasteiger charge is 2.49. The molecular weight excluding hydrogens is 652 g/mol. The number of halogens is 1. The molecule has 0 saturated carbocycles. The summed E-state index contributed by atoms with van der Waals surface area (Å²) in [5.74, 6) is 0.220. The van der Waals surface area contributed by atoms with Crippen LogP contribution in [0.5, 0.6) is 5.75 Å². The summed E-state index contributed by atoms with van der Waals surface area (Å²) < 4.78 is 19.5. The van der Waals surface area contributed by atoms with E-state index in [1.807, 2.05) is 36.4 Å². The second-order valence-corrected chi connectivity index (χ2v) is 16.5. The van der Waals surface area contributed by atoms with Gasteiger partial charge in [0.2, 0.25) is 0 Å². The van der Waals surface area contributed by atoms with E-state index < -0.39 is 20.3 Å². The highest BCUT2D eigenvalue weighted by molar-refractivity contribution is 9.10. The first-order valence-electron chi connectivity index (χ1n) is 15.0. The zero-order valence-corrected chi connectivity index (χ0v) is 29.0. The molecule has 3 aromatic carbocycles. The van der Waals surface area contributed by atoms with Crippen LogP contribution in [0.15, 0.2) is 89.5 Å². The van der Waals surface area contributed by atoms with Crippen molar-refractivity contribution in [1.82, 2.24) is 15.1 Å². The van der Waals surface area contributed by atoms with E-state index in [9.17, 15) is 9.59 Å². The first-order chi connectivity index (χ1) is 21.6. The van der Waals surface area contributed by atoms with Crippen molar-refractivity contribution in [3.8, 4) is 5.75 Å². The highest BCUT2D eigenvalue weighted by atomic mass is 79.9. The van der Waals surface area contributed by atoms with Crippen LogP contribution < -0.4 is 25.7 Å². The van der Waals surface area contributed by atoms with E-state index >= 15 is 0 Å². The monoisotopic (exact) mass is 692 g/mol. The van der Waals surface area contributed by atoms with E-state index in [1.165, 1.54) is 10.4 Å². The number of esters is 1. The molecule has 0 fully saturated rings. The minimum absolute atomic E-state index is 0.101. The number of carbonyl (C=O) groups excluding carboxylic acids is 2. The Bertz CT molecular complexity index is 1540. The molecule has 0 saturated heterocycles. The number of carbonyl (C=O) groups is 2. The van der Waals surface area contributed by atoms with E-state index in [0.29, 0.717) is 36.5 Å². The second-order valence-electron chi connectivity index (χ2n) is 11.5. The summed E-state index contributed by atoms with van der Waals surface area (Å²) in [7, 11) is -1.06. The van der Waals surface area contributed by atoms with Gasteiger partial charge in [-0.2, -0.15) is 5.10 Å². The third-order valence-electron chi connectivity index (χ3n) is 7.41. The molecule has 11 heteroatoms. The topological polar surface area (TPSA) is 104 Å². The van der Waals surface area contributed by atoms with Crippen LogP contribution in [0.1, 0.15) is 50.0 Å². The predicted octanol–water partition coefficient (Wildman–Crippen LogP) is 5.97. The molecule has 1 aromatic heterocycles. The fourth-order valence-corrected chi connectivity index (χ4v) is 10.5. The Kier molecular flexibility index (Phi) is 11.6. The molecule has 1 heterocycles. The number of anilines is 1. The molecular formula is C34H41BrN4O5Si. The number of methoxy groups -OCH3 is 1. The number of nitrogens with one attached hydrogen (secondary N) is 2. The number of rotatable bonds is 13. The van der Waals surface area contributed by atoms with Gasteiger partial charge in [-0.05, 0) is 62.4 Å². The molecule has 0 unspecified atom stereocenters. The van der Waals surface area contributed by atoms with Gasteiger partial charge < -0.3 is 19.2 Å². The Morgan fingerprint density at radius 3 is 2.18 bits per heavy atom. The van der Waals surface area contributed by atoms with Gasteiger partial charge in [-0.3, -0.25) is 10.00 Å². The Hall–Kier alpha value is -3.93. The van der Waals surface area contributed by atoms with E-state index in [2.05, 4.69) is 101 Å². The molecule has 2 N–H and O–H groups in total. The Labute approximate surface area is 274 Å². The molecule has 0 spiro atoms. The average molecular weight is 694 g/mol. The molecule has 9 nitrogen and oxygen atoms in total. The van der Waals surface area contributed by atoms with Crippen LogP contribution in [0, 0.1) is 0 Å². The normalized spacial score (nSPS) is 11.6. The maximum absolute atomic E-state index is 13.0. The van der Waals surface area contributed by atoms with Crippen molar-refractivity contribution in [3.63, 3.8) is 0 Å². The molecule has 0 aliphatic heterocycles. The number of urea groups is 1. The van der Waals surface area contributed by atoms with Crippen molar-refractivity contribution < 1.29 is 23.5 Å². The lowest BCUT2D eigenvalue weighted by Crippen LogP contribution is -2.66. The number of amides is 2. The molecule has 45 heavy (non-hydrogen) atoms. The first-order valence-corrected chi connectivity index (χ1v) is 17.7. The van der Waals surface area contributed by atoms with Crippen LogP contribution in [0.3, 0.4) is 0 Å². The number of ether oxygens (including phenoxy) is 2. The molecule has 0 aliphatic carbocycles. The van der Waals surface area contributed by atoms with Crippen molar-refractivity contribution in [2.24, 2.45) is 0 Å². The summed E-state index contributed by atoms with van der Waals surface area (Å²) in [5, 5.41) is 12.4. The third kappa shape index (κ3) is 8.02. The van der Waals surface area contributed by atoms with Crippen molar-refractivity contribution in [2.45, 2.75) is 45.7 Å². The van der Waals surface area contributed by atoms with E-state index in [0.717, 1.165) is 5.56 Å². The number of hydrogen-bond donors (Lipinski definition) is 2. The maximum atomic E-state index is 13.0. The quantitative estimate of drug-likeness (QED) is 0.102. The minimum atomic E-state index is -2.66. The number of hydrogen-bond acceptors (Lipinski definition) is 6. The van der Waals surface area contributed by atoms with Gasteiger partial charge in [-0.1, -0.05) is 93.6 Å². The second kappa shape index (κ2) is 15.4. The number of benzene rings is 3. The van der Waals surface area contributed by atoms with Gasteiger partial charge in [-0.15, -0.1) is 0 Å². The molecule has 0 bridgehead atoms. The van der Waals surface area contributed by atoms with Crippen LogP contribution in [0.25, 0.3) is 0 Å². The van der Waals surface area contributed by atoms with E-state index in [4.69, 9.17) is 13.9 Å². The largest absolute Gasteiger partial charge is 0.497 e. The van der Waals surface area contributed by atoms with Gasteiger partial charge in [0.25, 0.3) is 8.32 Å². The van der Waals surface area contributed by atoms with Crippen molar-refractivity contribution in [1.29, 1.82) is 0 Å². The molecule has 4 aromatic rings. The zero-order chi connectivity index (χ0) is 32.5. The molecule has 0 atom stereocenters. The number of nitrogens with zero attached hydrogens (tertiary/aromatic N) is 2. The van der Waals surface area contributed by atoms with E-state index in [1.54, 1.807) is 18.7 Å². The zero-order valence-electron chi connectivity index (χ0n) is 26.4. The van der Waals surface area contributed by atoms with Crippen molar-refractivity contribution in [3.05, 3.63) is 101 Å². The Morgan fingerprint density at radius 2 is 1.60 bits per heavy atom. The maximum Gasteiger partial charge on any atom is 0.344 e. The lowest BCUT2D eigenvalue weighted by Gasteiger charge is -2.43. The fourth-order valence-electron chi connectivity index (χ4n) is 5.37. The molecule has 0 aliphatic rings. The van der Waals surface area contributed by atoms with Crippen molar-refractivity contribution in [2.75, 3.05) is 32.2 Å². The summed E-state index contributed by atoms with van der Waals surface area (Å²) in [6, 6.07) is 27.9. The molecule has 238 valence electrons. The van der Waals surface area contributed by atoms with Gasteiger partial charge in [-0.25, -0.2) is 9.59 Å². The summed E-state index contributed by atoms with van der Waals surface area (Å²) in [4.78, 5) is 25.8. The van der Waals surface area contributed by atoms with Crippen LogP contribution in [-0.2, 0) is 15.7 Å². The van der Waals surface area contributed by atoms with Crippen LogP contribution >= 0.6 is 15.9 Å². The van der Waals surface area contributed by atoms with Gasteiger partial charge in [0.1, 0.15) is 15.9 Å². The summed E-state index contributed by atoms with van der Waals surface area (Å²) in [6.45, 7) is 9.77. The first kappa shape index (κ1) is 33.9. The minimum Gasteiger partial charge on any atom is -0.497 e. The van der Waals surface area contributed by atoms with Crippen LogP contribution in [-0.4, -0.2) is 57.0 Å². The highest BCUT2D eigenvalue weighted by Crippen LogP contribution is 2.36. The predicted molar refractivity (Wildman–Crippen MR) is 183 cm³/mol. The van der Waals surface area contributed by atoms with Crippen molar-refractivity contribution >= 4 is 52.4 Å². The van der Waals surface area contributed by atoms with E-state index in [-0.39, 0.29) is 23.0 Å². The standard InChI is InChI=1S/C34H41BrN4O5Si/c1-6-43-32(40)29-30(35)39(24-25-15-13-16-26(23-25)42-5)38-31(29)37-33(41)36-21-14-22-44-45(34(2,3)4,27-17-9-7-10-18-27)28-19-11-8-12-20-28/h7-13,15-20,23H,6,14,21-22,24H2,1-5H3,(H2,36,37,38,41). The summed E-state index contributed by atoms with van der Waals surface area (Å²) >= 11 is 3.49. The number of aromatic nitrogens is 2. The van der Waals surface area contributed by atoms with Gasteiger partial charge in [0, 0.05) is 13.2 Å². The molecule has 2 amide bonds. The lowest BCUT2D eigenvalue weighted by atomic mass is 10.2. The lowest BCUT2D eigenvalue weighted by molar-refractivity contribution is 0.0526. The summed E-state index contributed by atoms with van der Waals surface area (Å²) in [6.07, 6.45) is 0.594. The average Bonchev–Trinajstić information content (AvgIpc) is 3.32. The third-order valence-corrected chi connectivity index (χ3v) is 13.3. The SMILES string of the molecule is CCOC(=O)c1c(NC(=O)NCCCO[Si](c2ccccc2)(c2ccccc2)C(C)(C)C)nn(Cc2cccc(OC)c2)c1Br. The summed E-state index contributed by atoms with van der Waals surface area (Å²) in [5.41, 5.74) is 1.05.